The van der Waals surface area contributed by atoms with Gasteiger partial charge in [-0.1, -0.05) is 19.9 Å². The maximum absolute atomic E-state index is 11.4. The molecule has 1 amide bonds. The van der Waals surface area contributed by atoms with Crippen LogP contribution in [0.3, 0.4) is 0 Å². The van der Waals surface area contributed by atoms with E-state index in [-0.39, 0.29) is 29.9 Å². The molecule has 2 rings (SSSR count). The lowest BCUT2D eigenvalue weighted by atomic mass is 10.2. The normalized spacial score (nSPS) is 11.0. The van der Waals surface area contributed by atoms with Crippen molar-refractivity contribution in [3.8, 4) is 5.75 Å². The number of hydrogen-bond donors (Lipinski definition) is 3. The molecule has 0 radical (unpaired) electrons. The van der Waals surface area contributed by atoms with E-state index in [0.29, 0.717) is 36.4 Å². The molecule has 0 saturated carbocycles. The van der Waals surface area contributed by atoms with Crippen LogP contribution in [0.25, 0.3) is 0 Å². The van der Waals surface area contributed by atoms with Crippen molar-refractivity contribution in [2.45, 2.75) is 39.8 Å². The summed E-state index contributed by atoms with van der Waals surface area (Å²) in [5.74, 6) is 1.61. The van der Waals surface area contributed by atoms with Gasteiger partial charge in [0.05, 0.1) is 25.0 Å². The Hall–Kier alpha value is -1.88. The number of aromatic nitrogens is 1. The van der Waals surface area contributed by atoms with Crippen molar-refractivity contribution < 1.29 is 9.53 Å². The van der Waals surface area contributed by atoms with E-state index in [9.17, 15) is 4.79 Å². The fraction of sp³-hybridized carbons (Fsp3) is 0.421. The molecule has 1 aromatic heterocycles. The van der Waals surface area contributed by atoms with E-state index < -0.39 is 0 Å². The SMILES string of the molecule is CN=C(NCc1ccc(OC)c(NC(C)=O)c1)NCc1nc(C(C)C)cs1.I. The Morgan fingerprint density at radius 2 is 2.00 bits per heavy atom. The average Bonchev–Trinajstić information content (AvgIpc) is 3.11. The van der Waals surface area contributed by atoms with Crippen molar-refractivity contribution in [3.05, 3.63) is 39.8 Å². The lowest BCUT2D eigenvalue weighted by molar-refractivity contribution is -0.114. The number of anilines is 1. The summed E-state index contributed by atoms with van der Waals surface area (Å²) >= 11 is 1.65. The Morgan fingerprint density at radius 3 is 2.57 bits per heavy atom. The maximum Gasteiger partial charge on any atom is 0.221 e. The largest absolute Gasteiger partial charge is 0.495 e. The fourth-order valence-electron chi connectivity index (χ4n) is 2.39. The summed E-state index contributed by atoms with van der Waals surface area (Å²) in [5, 5.41) is 12.4. The standard InChI is InChI=1S/C19H27N5O2S.HI/c1-12(2)16-11-27-18(24-16)10-22-19(20-4)21-9-14-6-7-17(26-5)15(8-14)23-13(3)25;/h6-8,11-12H,9-10H2,1-5H3,(H,23,25)(H2,20,21,22);1H. The molecule has 28 heavy (non-hydrogen) atoms. The van der Waals surface area contributed by atoms with Gasteiger partial charge in [-0.25, -0.2) is 4.98 Å². The van der Waals surface area contributed by atoms with Crippen LogP contribution in [-0.2, 0) is 17.9 Å². The number of nitrogens with one attached hydrogen (secondary N) is 3. The second-order valence-electron chi connectivity index (χ2n) is 6.32. The summed E-state index contributed by atoms with van der Waals surface area (Å²) in [7, 11) is 3.31. The molecule has 2 aromatic rings. The van der Waals surface area contributed by atoms with Gasteiger partial charge in [-0.15, -0.1) is 35.3 Å². The van der Waals surface area contributed by atoms with Crippen molar-refractivity contribution >= 4 is 52.9 Å². The highest BCUT2D eigenvalue weighted by Gasteiger charge is 2.08. The molecular weight excluding hydrogens is 489 g/mol. The molecule has 0 bridgehead atoms. The van der Waals surface area contributed by atoms with Gasteiger partial charge >= 0.3 is 0 Å². The second kappa shape index (κ2) is 11.8. The summed E-state index contributed by atoms with van der Waals surface area (Å²) in [4.78, 5) is 20.2. The predicted octanol–water partition coefficient (Wildman–Crippen LogP) is 3.72. The van der Waals surface area contributed by atoms with E-state index in [1.807, 2.05) is 18.2 Å². The average molecular weight is 517 g/mol. The van der Waals surface area contributed by atoms with E-state index in [1.54, 1.807) is 25.5 Å². The van der Waals surface area contributed by atoms with Gasteiger partial charge in [-0.3, -0.25) is 9.79 Å². The molecule has 0 saturated heterocycles. The molecule has 0 unspecified atom stereocenters. The zero-order valence-electron chi connectivity index (χ0n) is 16.8. The molecule has 7 nitrogen and oxygen atoms in total. The zero-order valence-corrected chi connectivity index (χ0v) is 20.0. The summed E-state index contributed by atoms with van der Waals surface area (Å²) in [6.07, 6.45) is 0. The highest BCUT2D eigenvalue weighted by molar-refractivity contribution is 14.0. The first-order chi connectivity index (χ1) is 12.9. The molecule has 0 spiro atoms. The number of nitrogens with zero attached hydrogens (tertiary/aromatic N) is 2. The number of amides is 1. The number of methoxy groups -OCH3 is 1. The van der Waals surface area contributed by atoms with E-state index in [4.69, 9.17) is 4.74 Å². The maximum atomic E-state index is 11.4. The number of thiazole rings is 1. The minimum absolute atomic E-state index is 0. The fourth-order valence-corrected chi connectivity index (χ4v) is 3.28. The quantitative estimate of drug-likeness (QED) is 0.296. The monoisotopic (exact) mass is 517 g/mol. The van der Waals surface area contributed by atoms with Crippen molar-refractivity contribution in [2.75, 3.05) is 19.5 Å². The third-order valence-electron chi connectivity index (χ3n) is 3.83. The van der Waals surface area contributed by atoms with E-state index in [0.717, 1.165) is 16.3 Å². The summed E-state index contributed by atoms with van der Waals surface area (Å²) in [5.41, 5.74) is 2.76. The Balaban J connectivity index is 0.00000392. The van der Waals surface area contributed by atoms with Gasteiger partial charge in [0.1, 0.15) is 10.8 Å². The van der Waals surface area contributed by atoms with Crippen LogP contribution < -0.4 is 20.7 Å². The lowest BCUT2D eigenvalue weighted by Crippen LogP contribution is -2.36. The van der Waals surface area contributed by atoms with Crippen molar-refractivity contribution in [1.82, 2.24) is 15.6 Å². The molecular formula is C19H28IN5O2S. The Labute approximate surface area is 187 Å². The van der Waals surface area contributed by atoms with Crippen LogP contribution in [0.15, 0.2) is 28.6 Å². The van der Waals surface area contributed by atoms with Crippen molar-refractivity contribution in [2.24, 2.45) is 4.99 Å². The van der Waals surface area contributed by atoms with Gasteiger partial charge < -0.3 is 20.7 Å². The summed E-state index contributed by atoms with van der Waals surface area (Å²) < 4.78 is 5.28. The van der Waals surface area contributed by atoms with Crippen LogP contribution in [0, 0.1) is 0 Å². The number of aliphatic imine (C=N–C) groups is 1. The second-order valence-corrected chi connectivity index (χ2v) is 7.26. The smallest absolute Gasteiger partial charge is 0.221 e. The summed E-state index contributed by atoms with van der Waals surface area (Å²) in [6.45, 7) is 6.93. The molecule has 0 fully saturated rings. The highest BCUT2D eigenvalue weighted by atomic mass is 127. The predicted molar refractivity (Wildman–Crippen MR) is 126 cm³/mol. The Morgan fingerprint density at radius 1 is 1.29 bits per heavy atom. The molecule has 0 aliphatic heterocycles. The number of rotatable bonds is 7. The van der Waals surface area contributed by atoms with Crippen molar-refractivity contribution in [3.63, 3.8) is 0 Å². The Kier molecular flexibility index (Phi) is 10.2. The van der Waals surface area contributed by atoms with E-state index in [2.05, 4.69) is 45.2 Å². The van der Waals surface area contributed by atoms with Gasteiger partial charge in [0.15, 0.2) is 5.96 Å². The first-order valence-electron chi connectivity index (χ1n) is 8.76. The van der Waals surface area contributed by atoms with Crippen LogP contribution in [0.5, 0.6) is 5.75 Å². The van der Waals surface area contributed by atoms with Gasteiger partial charge in [-0.2, -0.15) is 0 Å². The number of carbonyl (C=O) groups excluding carboxylic acids is 1. The molecule has 0 aliphatic rings. The van der Waals surface area contributed by atoms with Crippen molar-refractivity contribution in [1.29, 1.82) is 0 Å². The van der Waals surface area contributed by atoms with Crippen LogP contribution in [0.4, 0.5) is 5.69 Å². The zero-order chi connectivity index (χ0) is 19.8. The highest BCUT2D eigenvalue weighted by Crippen LogP contribution is 2.25. The van der Waals surface area contributed by atoms with E-state index in [1.165, 1.54) is 6.92 Å². The molecule has 0 aliphatic carbocycles. The molecule has 0 atom stereocenters. The topological polar surface area (TPSA) is 87.6 Å². The number of ether oxygens (including phenoxy) is 1. The number of carbonyl (C=O) groups is 1. The van der Waals surface area contributed by atoms with Crippen LogP contribution in [0.1, 0.15) is 43.0 Å². The third-order valence-corrected chi connectivity index (χ3v) is 4.69. The van der Waals surface area contributed by atoms with Crippen LogP contribution in [-0.4, -0.2) is 31.0 Å². The molecule has 1 aromatic carbocycles. The van der Waals surface area contributed by atoms with E-state index >= 15 is 0 Å². The number of guanidine groups is 1. The minimum Gasteiger partial charge on any atom is -0.495 e. The van der Waals surface area contributed by atoms with Gasteiger partial charge in [-0.05, 0) is 23.6 Å². The summed E-state index contributed by atoms with van der Waals surface area (Å²) in [6, 6.07) is 5.66. The number of benzene rings is 1. The van der Waals surface area contributed by atoms with Gasteiger partial charge in [0, 0.05) is 25.9 Å². The lowest BCUT2D eigenvalue weighted by Gasteiger charge is -2.13. The van der Waals surface area contributed by atoms with Gasteiger partial charge in [0.25, 0.3) is 0 Å². The number of hydrogen-bond acceptors (Lipinski definition) is 5. The first-order valence-corrected chi connectivity index (χ1v) is 9.64. The van der Waals surface area contributed by atoms with Gasteiger partial charge in [0.2, 0.25) is 5.91 Å². The number of halogens is 1. The first kappa shape index (κ1) is 24.2. The molecule has 154 valence electrons. The molecule has 9 heteroatoms. The van der Waals surface area contributed by atoms with Crippen LogP contribution >= 0.6 is 35.3 Å². The Bertz CT molecular complexity index is 807. The minimum atomic E-state index is -0.139. The van der Waals surface area contributed by atoms with Crippen LogP contribution in [0.2, 0.25) is 0 Å². The molecule has 1 heterocycles. The molecule has 3 N–H and O–H groups in total. The third kappa shape index (κ3) is 7.27.